The van der Waals surface area contributed by atoms with Crippen molar-refractivity contribution in [2.75, 3.05) is 19.1 Å². The summed E-state index contributed by atoms with van der Waals surface area (Å²) >= 11 is 0. The predicted molar refractivity (Wildman–Crippen MR) is 103 cm³/mol. The van der Waals surface area contributed by atoms with Crippen molar-refractivity contribution in [2.24, 2.45) is 11.8 Å². The number of nitrogens with one attached hydrogen (secondary N) is 1. The number of amides is 2. The second-order valence-electron chi connectivity index (χ2n) is 6.97. The van der Waals surface area contributed by atoms with Crippen LogP contribution in [0.25, 0.3) is 0 Å². The smallest absolute Gasteiger partial charge is 0.321 e. The van der Waals surface area contributed by atoms with E-state index in [0.29, 0.717) is 22.7 Å². The topological polar surface area (TPSA) is 105 Å². The quantitative estimate of drug-likeness (QED) is 0.740. The van der Waals surface area contributed by atoms with Gasteiger partial charge in [-0.05, 0) is 30.3 Å². The summed E-state index contributed by atoms with van der Waals surface area (Å²) in [5.41, 5.74) is 0.999. The van der Waals surface area contributed by atoms with Crippen molar-refractivity contribution in [1.82, 2.24) is 5.32 Å². The van der Waals surface area contributed by atoms with Crippen LogP contribution in [0.5, 0.6) is 11.5 Å². The van der Waals surface area contributed by atoms with E-state index in [-0.39, 0.29) is 0 Å². The van der Waals surface area contributed by atoms with Gasteiger partial charge in [0, 0.05) is 11.6 Å². The number of ether oxygens (including phenoxy) is 2. The average molecular weight is 396 g/mol. The van der Waals surface area contributed by atoms with Gasteiger partial charge in [0.25, 0.3) is 0 Å². The summed E-state index contributed by atoms with van der Waals surface area (Å²) in [6.07, 6.45) is 0. The number of aliphatic carboxylic acids is 1. The fourth-order valence-corrected chi connectivity index (χ4v) is 4.24. The Morgan fingerprint density at radius 1 is 1.00 bits per heavy atom. The number of benzene rings is 2. The highest BCUT2D eigenvalue weighted by molar-refractivity contribution is 6.23. The van der Waals surface area contributed by atoms with Gasteiger partial charge in [0.15, 0.2) is 0 Å². The zero-order valence-corrected chi connectivity index (χ0v) is 15.9. The van der Waals surface area contributed by atoms with Crippen LogP contribution in [0.2, 0.25) is 0 Å². The standard InChI is InChI=1S/C21H20N2O6/c1-28-12-8-9-14(29-2)13(10-12)17-15-16(18(22-17)21(26)27)20(25)23(19(15)24)11-6-4-3-5-7-11/h3-10,15-18,22H,1-2H3,(H,26,27)/t15-,16-,17-,18-/m0/s1. The normalized spacial score (nSPS) is 25.8. The van der Waals surface area contributed by atoms with Gasteiger partial charge >= 0.3 is 5.97 Å². The second-order valence-corrected chi connectivity index (χ2v) is 6.97. The number of rotatable bonds is 5. The van der Waals surface area contributed by atoms with Gasteiger partial charge in [-0.2, -0.15) is 0 Å². The molecule has 0 aliphatic carbocycles. The molecule has 29 heavy (non-hydrogen) atoms. The van der Waals surface area contributed by atoms with E-state index in [1.165, 1.54) is 14.2 Å². The number of para-hydroxylation sites is 1. The largest absolute Gasteiger partial charge is 0.497 e. The van der Waals surface area contributed by atoms with Gasteiger partial charge in [-0.3, -0.25) is 19.7 Å². The van der Waals surface area contributed by atoms with Crippen molar-refractivity contribution in [1.29, 1.82) is 0 Å². The van der Waals surface area contributed by atoms with Crippen molar-refractivity contribution in [2.45, 2.75) is 12.1 Å². The zero-order chi connectivity index (χ0) is 20.7. The molecule has 8 heteroatoms. The molecule has 2 amide bonds. The molecule has 150 valence electrons. The number of carbonyl (C=O) groups is 3. The minimum Gasteiger partial charge on any atom is -0.497 e. The minimum atomic E-state index is -1.19. The molecule has 0 unspecified atom stereocenters. The van der Waals surface area contributed by atoms with Gasteiger partial charge in [0.1, 0.15) is 17.5 Å². The maximum Gasteiger partial charge on any atom is 0.321 e. The maximum atomic E-state index is 13.3. The van der Waals surface area contributed by atoms with Crippen LogP contribution >= 0.6 is 0 Å². The first-order chi connectivity index (χ1) is 14.0. The number of imide groups is 1. The lowest BCUT2D eigenvalue weighted by atomic mass is 9.86. The van der Waals surface area contributed by atoms with Crippen LogP contribution in [0.1, 0.15) is 11.6 Å². The van der Waals surface area contributed by atoms with Gasteiger partial charge in [0.05, 0.1) is 31.7 Å². The number of carboxylic acids is 1. The molecular formula is C21H20N2O6. The lowest BCUT2D eigenvalue weighted by Gasteiger charge is -2.23. The average Bonchev–Trinajstić information content (AvgIpc) is 3.25. The van der Waals surface area contributed by atoms with Crippen molar-refractivity contribution in [3.05, 3.63) is 54.1 Å². The summed E-state index contributed by atoms with van der Waals surface area (Å²) in [5, 5.41) is 12.7. The molecule has 2 fully saturated rings. The van der Waals surface area contributed by atoms with Crippen LogP contribution in [0.15, 0.2) is 48.5 Å². The molecule has 0 bridgehead atoms. The molecule has 2 aliphatic rings. The molecular weight excluding hydrogens is 376 g/mol. The Morgan fingerprint density at radius 2 is 1.69 bits per heavy atom. The molecule has 0 spiro atoms. The van der Waals surface area contributed by atoms with Crippen LogP contribution in [0, 0.1) is 11.8 Å². The number of fused-ring (bicyclic) bond motifs is 1. The summed E-state index contributed by atoms with van der Waals surface area (Å²) in [5.74, 6) is -3.00. The molecule has 0 saturated carbocycles. The van der Waals surface area contributed by atoms with E-state index in [1.807, 2.05) is 0 Å². The summed E-state index contributed by atoms with van der Waals surface area (Å²) < 4.78 is 10.7. The van der Waals surface area contributed by atoms with E-state index in [4.69, 9.17) is 9.47 Å². The van der Waals surface area contributed by atoms with Gasteiger partial charge < -0.3 is 14.6 Å². The molecule has 0 aromatic heterocycles. The maximum absolute atomic E-state index is 13.3. The van der Waals surface area contributed by atoms with Gasteiger partial charge in [-0.15, -0.1) is 0 Å². The second kappa shape index (κ2) is 7.21. The number of carbonyl (C=O) groups excluding carboxylic acids is 2. The Kier molecular flexibility index (Phi) is 4.71. The van der Waals surface area contributed by atoms with Crippen molar-refractivity contribution >= 4 is 23.5 Å². The zero-order valence-electron chi connectivity index (χ0n) is 15.9. The van der Waals surface area contributed by atoms with Crippen molar-refractivity contribution in [3.8, 4) is 11.5 Å². The number of hydrogen-bond donors (Lipinski definition) is 2. The third-order valence-corrected chi connectivity index (χ3v) is 5.53. The van der Waals surface area contributed by atoms with Crippen molar-refractivity contribution < 1.29 is 29.0 Å². The summed E-state index contributed by atoms with van der Waals surface area (Å²) in [6, 6.07) is 11.7. The fraction of sp³-hybridized carbons (Fsp3) is 0.286. The van der Waals surface area contributed by atoms with Gasteiger partial charge in [-0.1, -0.05) is 18.2 Å². The molecule has 2 N–H and O–H groups in total. The number of anilines is 1. The van der Waals surface area contributed by atoms with E-state index in [0.717, 1.165) is 4.90 Å². The Bertz CT molecular complexity index is 976. The highest BCUT2D eigenvalue weighted by atomic mass is 16.5. The van der Waals surface area contributed by atoms with Crippen LogP contribution in [-0.2, 0) is 14.4 Å². The molecule has 2 saturated heterocycles. The Morgan fingerprint density at radius 3 is 2.31 bits per heavy atom. The van der Waals surface area contributed by atoms with Gasteiger partial charge in [0.2, 0.25) is 11.8 Å². The molecule has 2 aliphatic heterocycles. The molecule has 4 atom stereocenters. The van der Waals surface area contributed by atoms with Crippen LogP contribution in [-0.4, -0.2) is 43.2 Å². The minimum absolute atomic E-state index is 0.428. The van der Waals surface area contributed by atoms with Crippen LogP contribution < -0.4 is 19.7 Å². The first-order valence-electron chi connectivity index (χ1n) is 9.11. The molecule has 2 aromatic rings. The summed E-state index contributed by atoms with van der Waals surface area (Å²) in [6.45, 7) is 0. The third-order valence-electron chi connectivity index (χ3n) is 5.53. The van der Waals surface area contributed by atoms with E-state index >= 15 is 0 Å². The monoisotopic (exact) mass is 396 g/mol. The van der Waals surface area contributed by atoms with Crippen LogP contribution in [0.4, 0.5) is 5.69 Å². The SMILES string of the molecule is COc1ccc(OC)c([C@@H]2N[C@H](C(=O)O)[C@H]3C(=O)N(c4ccccc4)C(=O)[C@@H]32)c1. The lowest BCUT2D eigenvalue weighted by molar-refractivity contribution is -0.142. The van der Waals surface area contributed by atoms with E-state index in [9.17, 15) is 19.5 Å². The summed E-state index contributed by atoms with van der Waals surface area (Å²) in [7, 11) is 3.00. The number of methoxy groups -OCH3 is 2. The van der Waals surface area contributed by atoms with Crippen LogP contribution in [0.3, 0.4) is 0 Å². The van der Waals surface area contributed by atoms with E-state index in [1.54, 1.807) is 48.5 Å². The molecule has 8 nitrogen and oxygen atoms in total. The highest BCUT2D eigenvalue weighted by Crippen LogP contribution is 2.47. The van der Waals surface area contributed by atoms with E-state index < -0.39 is 41.7 Å². The predicted octanol–water partition coefficient (Wildman–Crippen LogP) is 1.61. The summed E-state index contributed by atoms with van der Waals surface area (Å²) in [4.78, 5) is 39.4. The first kappa shape index (κ1) is 18.9. The van der Waals surface area contributed by atoms with E-state index in [2.05, 4.69) is 5.32 Å². The number of nitrogens with zero attached hydrogens (tertiary/aromatic N) is 1. The Hall–Kier alpha value is -3.39. The number of carboxylic acid groups (broad SMARTS) is 1. The van der Waals surface area contributed by atoms with Gasteiger partial charge in [-0.25, -0.2) is 4.90 Å². The van der Waals surface area contributed by atoms with Crippen molar-refractivity contribution in [3.63, 3.8) is 0 Å². The Labute approximate surface area is 167 Å². The third kappa shape index (κ3) is 2.92. The molecule has 4 rings (SSSR count). The molecule has 0 radical (unpaired) electrons. The lowest BCUT2D eigenvalue weighted by Crippen LogP contribution is -2.43. The Balaban J connectivity index is 1.82. The number of hydrogen-bond acceptors (Lipinski definition) is 6. The fourth-order valence-electron chi connectivity index (χ4n) is 4.24. The highest BCUT2D eigenvalue weighted by Gasteiger charge is 2.61. The first-order valence-corrected chi connectivity index (χ1v) is 9.11. The molecule has 2 aromatic carbocycles. The molecule has 2 heterocycles.